The maximum absolute atomic E-state index is 13.3. The molecule has 0 saturated carbocycles. The Hall–Kier alpha value is -2.15. The lowest BCUT2D eigenvalue weighted by Gasteiger charge is -2.45. The average Bonchev–Trinajstić information content (AvgIpc) is 2.67. The van der Waals surface area contributed by atoms with Crippen LogP contribution < -0.4 is 5.32 Å². The molecule has 0 spiro atoms. The molecule has 2 aromatic rings. The molecule has 0 aliphatic carbocycles. The predicted octanol–water partition coefficient (Wildman–Crippen LogP) is 3.78. The summed E-state index contributed by atoms with van der Waals surface area (Å²) in [7, 11) is 3.90. The summed E-state index contributed by atoms with van der Waals surface area (Å²) in [6.07, 6.45) is 0.438. The van der Waals surface area contributed by atoms with E-state index in [1.165, 1.54) is 18.2 Å². The van der Waals surface area contributed by atoms with Crippen LogP contribution in [0, 0.1) is 11.7 Å². The Balaban J connectivity index is 1.76. The molecule has 2 atom stereocenters. The number of benzene rings is 2. The van der Waals surface area contributed by atoms with Crippen LogP contribution in [0.4, 0.5) is 14.9 Å². The Morgan fingerprint density at radius 2 is 2.04 bits per heavy atom. The minimum absolute atomic E-state index is 0.0413. The van der Waals surface area contributed by atoms with Gasteiger partial charge in [0.15, 0.2) is 0 Å². The fourth-order valence-corrected chi connectivity index (χ4v) is 3.92. The smallest absolute Gasteiger partial charge is 0.321 e. The van der Waals surface area contributed by atoms with Gasteiger partial charge in [0, 0.05) is 31.2 Å². The summed E-state index contributed by atoms with van der Waals surface area (Å²) >= 11 is 5.79. The van der Waals surface area contributed by atoms with Gasteiger partial charge in [-0.15, -0.1) is 0 Å². The van der Waals surface area contributed by atoms with E-state index < -0.39 is 11.4 Å². The number of halogens is 2. The number of carbonyl (C=O) groups is 1. The first-order valence-electron chi connectivity index (χ1n) is 9.23. The molecule has 0 aromatic heterocycles. The second kappa shape index (κ2) is 8.47. The first-order chi connectivity index (χ1) is 13.3. The molecule has 2 aromatic carbocycles. The SMILES string of the molecule is CN(C)CC1CN(C(=O)Nc2ccc(F)c(Cl)c2)CCC1(O)c1ccccc1. The topological polar surface area (TPSA) is 55.8 Å². The molecule has 1 fully saturated rings. The van der Waals surface area contributed by atoms with Gasteiger partial charge in [-0.25, -0.2) is 9.18 Å². The van der Waals surface area contributed by atoms with Gasteiger partial charge in [0.05, 0.1) is 10.6 Å². The van der Waals surface area contributed by atoms with Crippen molar-refractivity contribution >= 4 is 23.3 Å². The van der Waals surface area contributed by atoms with Crippen molar-refractivity contribution in [2.75, 3.05) is 39.0 Å². The lowest BCUT2D eigenvalue weighted by Crippen LogP contribution is -2.55. The zero-order chi connectivity index (χ0) is 20.3. The van der Waals surface area contributed by atoms with Crippen LogP contribution in [0.1, 0.15) is 12.0 Å². The summed E-state index contributed by atoms with van der Waals surface area (Å²) in [5, 5.41) is 14.2. The Labute approximate surface area is 169 Å². The number of anilines is 1. The second-order valence-electron chi connectivity index (χ2n) is 7.50. The van der Waals surface area contributed by atoms with Crippen LogP contribution in [0.5, 0.6) is 0 Å². The van der Waals surface area contributed by atoms with E-state index in [-0.39, 0.29) is 17.0 Å². The summed E-state index contributed by atoms with van der Waals surface area (Å²) in [5.74, 6) is -0.683. The van der Waals surface area contributed by atoms with Gasteiger partial charge in [0.25, 0.3) is 0 Å². The number of amides is 2. The standard InChI is InChI=1S/C21H25ClFN3O2/c1-25(2)13-16-14-26(11-10-21(16,28)15-6-4-3-5-7-15)20(27)24-17-8-9-19(23)18(22)12-17/h3-9,12,16,28H,10-11,13-14H2,1-2H3,(H,24,27). The molecule has 5 nitrogen and oxygen atoms in total. The van der Waals surface area contributed by atoms with Gasteiger partial charge in [-0.2, -0.15) is 0 Å². The molecule has 3 rings (SSSR count). The van der Waals surface area contributed by atoms with E-state index in [1.807, 2.05) is 49.3 Å². The highest BCUT2D eigenvalue weighted by Gasteiger charge is 2.44. The van der Waals surface area contributed by atoms with Crippen LogP contribution in [-0.4, -0.2) is 54.7 Å². The lowest BCUT2D eigenvalue weighted by atomic mass is 9.75. The minimum Gasteiger partial charge on any atom is -0.385 e. The molecule has 0 bridgehead atoms. The van der Waals surface area contributed by atoms with Crippen LogP contribution in [-0.2, 0) is 5.60 Å². The molecule has 1 aliphatic heterocycles. The Bertz CT molecular complexity index is 834. The third kappa shape index (κ3) is 4.46. The molecule has 2 amide bonds. The summed E-state index contributed by atoms with van der Waals surface area (Å²) in [6, 6.07) is 13.4. The highest BCUT2D eigenvalue weighted by Crippen LogP contribution is 2.38. The first-order valence-corrected chi connectivity index (χ1v) is 9.61. The monoisotopic (exact) mass is 405 g/mol. The largest absolute Gasteiger partial charge is 0.385 e. The highest BCUT2D eigenvalue weighted by molar-refractivity contribution is 6.31. The molecule has 7 heteroatoms. The van der Waals surface area contributed by atoms with Crippen molar-refractivity contribution in [1.82, 2.24) is 9.80 Å². The molecular weight excluding hydrogens is 381 g/mol. The number of aliphatic hydroxyl groups is 1. The maximum Gasteiger partial charge on any atom is 0.321 e. The zero-order valence-electron chi connectivity index (χ0n) is 16.0. The third-order valence-corrected chi connectivity index (χ3v) is 5.49. The second-order valence-corrected chi connectivity index (χ2v) is 7.91. The van der Waals surface area contributed by atoms with E-state index in [0.29, 0.717) is 31.7 Å². The molecular formula is C21H25ClFN3O2. The molecule has 1 aliphatic rings. The van der Waals surface area contributed by atoms with Crippen molar-refractivity contribution in [3.63, 3.8) is 0 Å². The van der Waals surface area contributed by atoms with Gasteiger partial charge >= 0.3 is 6.03 Å². The summed E-state index contributed by atoms with van der Waals surface area (Å²) in [5.41, 5.74) is 0.304. The molecule has 1 saturated heterocycles. The maximum atomic E-state index is 13.3. The predicted molar refractivity (Wildman–Crippen MR) is 109 cm³/mol. The molecule has 2 N–H and O–H groups in total. The number of urea groups is 1. The zero-order valence-corrected chi connectivity index (χ0v) is 16.8. The van der Waals surface area contributed by atoms with Gasteiger partial charge in [0.2, 0.25) is 0 Å². The fraction of sp³-hybridized carbons (Fsp3) is 0.381. The number of nitrogens with one attached hydrogen (secondary N) is 1. The summed E-state index contributed by atoms with van der Waals surface area (Å²) in [6.45, 7) is 1.46. The van der Waals surface area contributed by atoms with Gasteiger partial charge < -0.3 is 20.2 Å². The van der Waals surface area contributed by atoms with Crippen molar-refractivity contribution in [3.05, 3.63) is 64.9 Å². The van der Waals surface area contributed by atoms with Gasteiger partial charge in [0.1, 0.15) is 5.82 Å². The molecule has 0 radical (unpaired) electrons. The van der Waals surface area contributed by atoms with Crippen LogP contribution in [0.15, 0.2) is 48.5 Å². The number of rotatable bonds is 4. The van der Waals surface area contributed by atoms with E-state index in [1.54, 1.807) is 4.90 Å². The van der Waals surface area contributed by atoms with Crippen molar-refractivity contribution in [1.29, 1.82) is 0 Å². The number of hydrogen-bond acceptors (Lipinski definition) is 3. The van der Waals surface area contributed by atoms with Crippen molar-refractivity contribution in [2.45, 2.75) is 12.0 Å². The molecule has 150 valence electrons. The number of nitrogens with zero attached hydrogens (tertiary/aromatic N) is 2. The Morgan fingerprint density at radius 3 is 2.68 bits per heavy atom. The number of piperidine rings is 1. The van der Waals surface area contributed by atoms with E-state index in [4.69, 9.17) is 11.6 Å². The van der Waals surface area contributed by atoms with Gasteiger partial charge in [-0.05, 0) is 44.3 Å². The quantitative estimate of drug-likeness (QED) is 0.813. The Kier molecular flexibility index (Phi) is 6.23. The van der Waals surface area contributed by atoms with Crippen LogP contribution in [0.2, 0.25) is 5.02 Å². The Morgan fingerprint density at radius 1 is 1.32 bits per heavy atom. The fourth-order valence-electron chi connectivity index (χ4n) is 3.74. The molecule has 1 heterocycles. The number of likely N-dealkylation sites (tertiary alicyclic amines) is 1. The number of carbonyl (C=O) groups excluding carboxylic acids is 1. The molecule has 28 heavy (non-hydrogen) atoms. The van der Waals surface area contributed by atoms with E-state index in [0.717, 1.165) is 5.56 Å². The van der Waals surface area contributed by atoms with Crippen LogP contribution in [0.25, 0.3) is 0 Å². The van der Waals surface area contributed by atoms with Crippen molar-refractivity contribution < 1.29 is 14.3 Å². The van der Waals surface area contributed by atoms with Crippen molar-refractivity contribution in [2.24, 2.45) is 5.92 Å². The lowest BCUT2D eigenvalue weighted by molar-refractivity contribution is -0.0749. The molecule has 2 unspecified atom stereocenters. The van der Waals surface area contributed by atoms with Gasteiger partial charge in [-0.3, -0.25) is 0 Å². The summed E-state index contributed by atoms with van der Waals surface area (Å²) < 4.78 is 13.3. The van der Waals surface area contributed by atoms with E-state index in [9.17, 15) is 14.3 Å². The summed E-state index contributed by atoms with van der Waals surface area (Å²) in [4.78, 5) is 16.4. The average molecular weight is 406 g/mol. The number of hydrogen-bond donors (Lipinski definition) is 2. The van der Waals surface area contributed by atoms with Crippen LogP contribution >= 0.6 is 11.6 Å². The van der Waals surface area contributed by atoms with Crippen LogP contribution in [0.3, 0.4) is 0 Å². The third-order valence-electron chi connectivity index (χ3n) is 5.20. The van der Waals surface area contributed by atoms with Gasteiger partial charge in [-0.1, -0.05) is 41.9 Å². The normalized spacial score (nSPS) is 22.4. The highest BCUT2D eigenvalue weighted by atomic mass is 35.5. The van der Waals surface area contributed by atoms with E-state index in [2.05, 4.69) is 5.32 Å². The first kappa shape index (κ1) is 20.6. The van der Waals surface area contributed by atoms with E-state index >= 15 is 0 Å². The minimum atomic E-state index is -0.999. The van der Waals surface area contributed by atoms with Crippen molar-refractivity contribution in [3.8, 4) is 0 Å².